The van der Waals surface area contributed by atoms with Crippen molar-refractivity contribution in [2.24, 2.45) is 5.73 Å². The fourth-order valence-corrected chi connectivity index (χ4v) is 4.64. The van der Waals surface area contributed by atoms with E-state index >= 15 is 0 Å². The van der Waals surface area contributed by atoms with Gasteiger partial charge in [0, 0.05) is 22.8 Å². The molecule has 0 atom stereocenters. The van der Waals surface area contributed by atoms with Crippen molar-refractivity contribution in [3.63, 3.8) is 0 Å². The average Bonchev–Trinajstić information content (AvgIpc) is 3.45. The molecule has 2 amide bonds. The van der Waals surface area contributed by atoms with Crippen molar-refractivity contribution in [2.45, 2.75) is 13.5 Å². The van der Waals surface area contributed by atoms with Gasteiger partial charge in [0.25, 0.3) is 11.8 Å². The molecule has 37 heavy (non-hydrogen) atoms. The molecule has 0 bridgehead atoms. The number of pyridine rings is 1. The second-order valence-corrected chi connectivity index (χ2v) is 9.46. The van der Waals surface area contributed by atoms with Crippen LogP contribution < -0.4 is 11.1 Å². The zero-order valence-corrected chi connectivity index (χ0v) is 21.5. The van der Waals surface area contributed by atoms with E-state index in [9.17, 15) is 9.59 Å². The molecule has 0 aliphatic heterocycles. The van der Waals surface area contributed by atoms with E-state index in [0.717, 1.165) is 10.9 Å². The number of aryl methyl sites for hydroxylation is 1. The van der Waals surface area contributed by atoms with Gasteiger partial charge in [-0.05, 0) is 55.0 Å². The van der Waals surface area contributed by atoms with Crippen molar-refractivity contribution < 1.29 is 9.59 Å². The molecule has 0 radical (unpaired) electrons. The Bertz CT molecular complexity index is 1690. The Labute approximate surface area is 225 Å². The fourth-order valence-electron chi connectivity index (χ4n) is 3.95. The number of halogens is 3. The highest BCUT2D eigenvalue weighted by molar-refractivity contribution is 6.35. The van der Waals surface area contributed by atoms with E-state index < -0.39 is 11.8 Å². The summed E-state index contributed by atoms with van der Waals surface area (Å²) < 4.78 is 3.03. The molecule has 5 rings (SSSR count). The molecule has 0 aliphatic carbocycles. The molecule has 12 heteroatoms. The van der Waals surface area contributed by atoms with Gasteiger partial charge in [-0.15, -0.1) is 0 Å². The molecule has 0 unspecified atom stereocenters. The number of nitrogens with one attached hydrogen (secondary N) is 1. The number of anilines is 1. The highest BCUT2D eigenvalue weighted by Gasteiger charge is 2.22. The van der Waals surface area contributed by atoms with E-state index in [0.29, 0.717) is 26.3 Å². The predicted octanol–water partition coefficient (Wildman–Crippen LogP) is 5.29. The van der Waals surface area contributed by atoms with Gasteiger partial charge in [0.05, 0.1) is 39.1 Å². The third-order valence-electron chi connectivity index (χ3n) is 5.60. The number of carbonyl (C=O) groups is 2. The lowest BCUT2D eigenvalue weighted by Crippen LogP contribution is -2.21. The van der Waals surface area contributed by atoms with Crippen molar-refractivity contribution in [3.8, 4) is 5.82 Å². The number of benzene rings is 2. The van der Waals surface area contributed by atoms with E-state index in [2.05, 4.69) is 20.5 Å². The molecule has 0 aliphatic rings. The zero-order valence-electron chi connectivity index (χ0n) is 19.2. The smallest absolute Gasteiger partial charge is 0.274 e. The summed E-state index contributed by atoms with van der Waals surface area (Å²) in [5, 5.41) is 13.9. The maximum atomic E-state index is 13.5. The lowest BCUT2D eigenvalue weighted by atomic mass is 10.1. The first-order chi connectivity index (χ1) is 17.7. The summed E-state index contributed by atoms with van der Waals surface area (Å²) in [6, 6.07) is 13.4. The third kappa shape index (κ3) is 4.89. The minimum absolute atomic E-state index is 0.0839. The minimum atomic E-state index is -0.729. The highest BCUT2D eigenvalue weighted by Crippen LogP contribution is 2.27. The van der Waals surface area contributed by atoms with Crippen molar-refractivity contribution in [1.29, 1.82) is 0 Å². The number of nitrogens with two attached hydrogens (primary N) is 1. The molecule has 3 heterocycles. The molecular formula is C25H18Cl3N7O2. The van der Waals surface area contributed by atoms with Gasteiger partial charge in [-0.25, -0.2) is 9.67 Å². The van der Waals surface area contributed by atoms with Crippen LogP contribution in [0.2, 0.25) is 15.1 Å². The van der Waals surface area contributed by atoms with Crippen LogP contribution in [0.15, 0.2) is 60.9 Å². The monoisotopic (exact) mass is 553 g/mol. The number of hydrogen-bond acceptors (Lipinski definition) is 5. The van der Waals surface area contributed by atoms with Crippen LogP contribution in [-0.4, -0.2) is 36.4 Å². The topological polar surface area (TPSA) is 121 Å². The van der Waals surface area contributed by atoms with Gasteiger partial charge in [-0.3, -0.25) is 14.3 Å². The summed E-state index contributed by atoms with van der Waals surface area (Å²) in [5.74, 6) is -1.02. The normalized spacial score (nSPS) is 11.1. The predicted molar refractivity (Wildman–Crippen MR) is 143 cm³/mol. The van der Waals surface area contributed by atoms with Crippen molar-refractivity contribution in [2.75, 3.05) is 5.32 Å². The fraction of sp³-hybridized carbons (Fsp3) is 0.0800. The standard InChI is InChI=1S/C25H18Cl3N7O2/c1-13-8-14(26)9-16(23(29)36)22(13)31-25(37)21-10-15(32-35(21)24-19(28)5-3-7-30-24)11-34-12-17-18(27)4-2-6-20(17)33-34/h2-10,12H,11H2,1H3,(H2,29,36)(H,31,37). The summed E-state index contributed by atoms with van der Waals surface area (Å²) >= 11 is 18.8. The van der Waals surface area contributed by atoms with Crippen molar-refractivity contribution >= 4 is 63.2 Å². The molecule has 0 spiro atoms. The number of hydrogen-bond donors (Lipinski definition) is 2. The lowest BCUT2D eigenvalue weighted by Gasteiger charge is -2.13. The zero-order chi connectivity index (χ0) is 26.3. The number of fused-ring (bicyclic) bond motifs is 1. The quantitative estimate of drug-likeness (QED) is 0.296. The number of aromatic nitrogens is 5. The Morgan fingerprint density at radius 2 is 1.81 bits per heavy atom. The molecule has 3 N–H and O–H groups in total. The largest absolute Gasteiger partial charge is 0.366 e. The van der Waals surface area contributed by atoms with Crippen LogP contribution in [0, 0.1) is 6.92 Å². The maximum absolute atomic E-state index is 13.5. The van der Waals surface area contributed by atoms with Gasteiger partial charge < -0.3 is 11.1 Å². The van der Waals surface area contributed by atoms with Crippen molar-refractivity contribution in [1.82, 2.24) is 24.5 Å². The number of nitrogens with zero attached hydrogens (tertiary/aromatic N) is 5. The van der Waals surface area contributed by atoms with E-state index in [1.54, 1.807) is 54.3 Å². The molecule has 3 aromatic heterocycles. The molecule has 0 saturated heterocycles. The van der Waals surface area contributed by atoms with Crippen LogP contribution in [-0.2, 0) is 6.54 Å². The van der Waals surface area contributed by atoms with Crippen LogP contribution in [0.4, 0.5) is 5.69 Å². The number of primary amides is 1. The van der Waals surface area contributed by atoms with Gasteiger partial charge in [-0.2, -0.15) is 10.2 Å². The van der Waals surface area contributed by atoms with Gasteiger partial charge in [-0.1, -0.05) is 40.9 Å². The van der Waals surface area contributed by atoms with Gasteiger partial charge >= 0.3 is 0 Å². The van der Waals surface area contributed by atoms with Gasteiger partial charge in [0.15, 0.2) is 5.82 Å². The Morgan fingerprint density at radius 1 is 1.03 bits per heavy atom. The summed E-state index contributed by atoms with van der Waals surface area (Å²) in [6.45, 7) is 1.95. The molecular weight excluding hydrogens is 537 g/mol. The molecule has 2 aromatic carbocycles. The first kappa shape index (κ1) is 24.8. The molecule has 9 nitrogen and oxygen atoms in total. The average molecular weight is 555 g/mol. The van der Waals surface area contributed by atoms with Crippen LogP contribution in [0.5, 0.6) is 0 Å². The first-order valence-corrected chi connectivity index (χ1v) is 12.1. The summed E-state index contributed by atoms with van der Waals surface area (Å²) in [6.07, 6.45) is 3.35. The second kappa shape index (κ2) is 9.85. The number of amides is 2. The maximum Gasteiger partial charge on any atom is 0.274 e. The van der Waals surface area contributed by atoms with Crippen LogP contribution in [0.1, 0.15) is 32.1 Å². The van der Waals surface area contributed by atoms with E-state index in [1.165, 1.54) is 10.7 Å². The third-order valence-corrected chi connectivity index (χ3v) is 6.45. The first-order valence-electron chi connectivity index (χ1n) is 10.9. The van der Waals surface area contributed by atoms with E-state index in [1.807, 2.05) is 12.1 Å². The lowest BCUT2D eigenvalue weighted by molar-refractivity contribution is 0.100. The number of rotatable bonds is 6. The van der Waals surface area contributed by atoms with E-state index in [-0.39, 0.29) is 29.3 Å². The van der Waals surface area contributed by atoms with Gasteiger partial charge in [0.2, 0.25) is 0 Å². The molecule has 0 saturated carbocycles. The van der Waals surface area contributed by atoms with Crippen LogP contribution >= 0.6 is 34.8 Å². The van der Waals surface area contributed by atoms with Crippen molar-refractivity contribution in [3.05, 3.63) is 98.5 Å². The number of carbonyl (C=O) groups excluding carboxylic acids is 2. The summed E-state index contributed by atoms with van der Waals surface area (Å²) in [5.41, 5.74) is 7.80. The Balaban J connectivity index is 1.56. The summed E-state index contributed by atoms with van der Waals surface area (Å²) in [4.78, 5) is 29.8. The Hall–Kier alpha value is -3.92. The minimum Gasteiger partial charge on any atom is -0.366 e. The molecule has 5 aromatic rings. The summed E-state index contributed by atoms with van der Waals surface area (Å²) in [7, 11) is 0. The SMILES string of the molecule is Cc1cc(Cl)cc(C(N)=O)c1NC(=O)c1cc(Cn2cc3c(Cl)cccc3n2)nn1-c1ncccc1Cl. The second-order valence-electron chi connectivity index (χ2n) is 8.20. The Kier molecular flexibility index (Phi) is 6.59. The highest BCUT2D eigenvalue weighted by atomic mass is 35.5. The Morgan fingerprint density at radius 3 is 2.54 bits per heavy atom. The molecule has 0 fully saturated rings. The van der Waals surface area contributed by atoms with E-state index in [4.69, 9.17) is 40.5 Å². The van der Waals surface area contributed by atoms with Crippen LogP contribution in [0.3, 0.4) is 0 Å². The van der Waals surface area contributed by atoms with Gasteiger partial charge in [0.1, 0.15) is 5.69 Å². The molecule has 186 valence electrons. The van der Waals surface area contributed by atoms with Crippen LogP contribution in [0.25, 0.3) is 16.7 Å².